The molecule has 0 aliphatic heterocycles. The highest BCUT2D eigenvalue weighted by molar-refractivity contribution is 7.49. The van der Waals surface area contributed by atoms with E-state index in [0.717, 1.165) is 25.9 Å². The van der Waals surface area contributed by atoms with Crippen LogP contribution < -0.4 is 10.2 Å². The zero-order valence-electron chi connectivity index (χ0n) is 16.1. The minimum atomic E-state index is -0.301. The fourth-order valence-corrected chi connectivity index (χ4v) is 5.64. The molecule has 1 heterocycles. The summed E-state index contributed by atoms with van der Waals surface area (Å²) in [6, 6.07) is 24.1. The third-order valence-corrected chi connectivity index (χ3v) is 6.90. The summed E-state index contributed by atoms with van der Waals surface area (Å²) in [5.74, 6) is 0.828. The van der Waals surface area contributed by atoms with E-state index in [9.17, 15) is 4.79 Å². The fraction of sp³-hybridized carbons (Fsp3) is 0.208. The SMILES string of the molecule is CC(C)OCCOc1ccc(-[s+]2c3ccccc3c(=O)c3ccccc32)cc1. The monoisotopic (exact) mass is 391 g/mol. The summed E-state index contributed by atoms with van der Waals surface area (Å²) in [6.07, 6.45) is 0.210. The Morgan fingerprint density at radius 2 is 1.36 bits per heavy atom. The molecule has 28 heavy (non-hydrogen) atoms. The number of hydrogen-bond donors (Lipinski definition) is 0. The number of fused-ring (bicyclic) bond motifs is 2. The van der Waals surface area contributed by atoms with Gasteiger partial charge in [0.2, 0.25) is 5.43 Å². The van der Waals surface area contributed by atoms with Crippen LogP contribution in [0.1, 0.15) is 13.8 Å². The van der Waals surface area contributed by atoms with E-state index < -0.39 is 0 Å². The van der Waals surface area contributed by atoms with Crippen molar-refractivity contribution in [2.24, 2.45) is 0 Å². The summed E-state index contributed by atoms with van der Waals surface area (Å²) in [5.41, 5.74) is 0.111. The van der Waals surface area contributed by atoms with Crippen LogP contribution in [0.15, 0.2) is 77.6 Å². The second kappa shape index (κ2) is 8.13. The van der Waals surface area contributed by atoms with E-state index in [0.29, 0.717) is 13.2 Å². The van der Waals surface area contributed by atoms with Gasteiger partial charge >= 0.3 is 0 Å². The van der Waals surface area contributed by atoms with Crippen molar-refractivity contribution in [3.63, 3.8) is 0 Å². The molecule has 1 aromatic heterocycles. The van der Waals surface area contributed by atoms with Crippen LogP contribution >= 0.6 is 10.5 Å². The molecule has 0 saturated carbocycles. The van der Waals surface area contributed by atoms with Gasteiger partial charge in [-0.25, -0.2) is 0 Å². The lowest BCUT2D eigenvalue weighted by atomic mass is 10.2. The molecule has 0 fully saturated rings. The van der Waals surface area contributed by atoms with Crippen LogP contribution in [-0.4, -0.2) is 19.3 Å². The molecular formula is C24H23O3S+. The molecule has 4 aromatic rings. The van der Waals surface area contributed by atoms with Crippen LogP contribution in [0.3, 0.4) is 0 Å². The maximum absolute atomic E-state index is 12.9. The predicted molar refractivity (Wildman–Crippen MR) is 118 cm³/mol. The highest BCUT2D eigenvalue weighted by Gasteiger charge is 2.22. The Labute approximate surface area is 167 Å². The lowest BCUT2D eigenvalue weighted by molar-refractivity contribution is 0.0553. The summed E-state index contributed by atoms with van der Waals surface area (Å²) in [6.45, 7) is 5.14. The Hall–Kier alpha value is -2.69. The molecule has 142 valence electrons. The molecule has 3 nitrogen and oxygen atoms in total. The van der Waals surface area contributed by atoms with Crippen molar-refractivity contribution in [2.45, 2.75) is 20.0 Å². The summed E-state index contributed by atoms with van der Waals surface area (Å²) in [5, 5.41) is 1.60. The Bertz CT molecular complexity index is 1100. The highest BCUT2D eigenvalue weighted by atomic mass is 32.2. The van der Waals surface area contributed by atoms with Gasteiger partial charge in [0.05, 0.1) is 23.5 Å². The van der Waals surface area contributed by atoms with Gasteiger partial charge in [-0.05, 0) is 50.2 Å². The lowest BCUT2D eigenvalue weighted by Gasteiger charge is -2.09. The third kappa shape index (κ3) is 3.66. The highest BCUT2D eigenvalue weighted by Crippen LogP contribution is 2.43. The molecule has 3 aromatic carbocycles. The number of ether oxygens (including phenoxy) is 2. The normalized spacial score (nSPS) is 11.4. The van der Waals surface area contributed by atoms with Crippen LogP contribution in [0.2, 0.25) is 0 Å². The van der Waals surface area contributed by atoms with Crippen LogP contribution in [0.25, 0.3) is 25.1 Å². The minimum Gasteiger partial charge on any atom is -0.491 e. The largest absolute Gasteiger partial charge is 0.491 e. The average Bonchev–Trinajstić information content (AvgIpc) is 2.72. The van der Waals surface area contributed by atoms with Gasteiger partial charge in [0.25, 0.3) is 0 Å². The maximum Gasteiger partial charge on any atom is 0.203 e. The first kappa shape index (κ1) is 18.7. The maximum atomic E-state index is 12.9. The molecule has 0 atom stereocenters. The summed E-state index contributed by atoms with van der Waals surface area (Å²) < 4.78 is 13.5. The Balaban J connectivity index is 1.74. The number of hydrogen-bond acceptors (Lipinski definition) is 3. The second-order valence-electron chi connectivity index (χ2n) is 6.87. The van der Waals surface area contributed by atoms with Gasteiger partial charge in [-0.15, -0.1) is 0 Å². The molecule has 0 radical (unpaired) electrons. The molecule has 0 bridgehead atoms. The predicted octanol–water partition coefficient (Wildman–Crippen LogP) is 5.90. The second-order valence-corrected chi connectivity index (χ2v) is 8.83. The first-order valence-corrected chi connectivity index (χ1v) is 10.7. The van der Waals surface area contributed by atoms with Crippen molar-refractivity contribution >= 4 is 30.6 Å². The van der Waals surface area contributed by atoms with E-state index in [4.69, 9.17) is 9.47 Å². The molecule has 4 rings (SSSR count). The minimum absolute atomic E-state index is 0.111. The van der Waals surface area contributed by atoms with E-state index in [2.05, 4.69) is 24.3 Å². The van der Waals surface area contributed by atoms with Crippen molar-refractivity contribution in [1.29, 1.82) is 0 Å². The number of benzene rings is 3. The Morgan fingerprint density at radius 3 is 1.93 bits per heavy atom. The molecule has 4 heteroatoms. The molecule has 0 aliphatic rings. The van der Waals surface area contributed by atoms with Crippen molar-refractivity contribution in [3.8, 4) is 10.6 Å². The van der Waals surface area contributed by atoms with E-state index in [1.807, 2.05) is 62.4 Å². The van der Waals surface area contributed by atoms with Crippen molar-refractivity contribution in [2.75, 3.05) is 13.2 Å². The summed E-state index contributed by atoms with van der Waals surface area (Å²) in [4.78, 5) is 14.1. The van der Waals surface area contributed by atoms with Crippen LogP contribution in [0.5, 0.6) is 5.75 Å². The molecule has 0 unspecified atom stereocenters. The first-order chi connectivity index (χ1) is 13.6. The molecule has 0 N–H and O–H groups in total. The summed E-state index contributed by atoms with van der Waals surface area (Å²) >= 11 is 0. The Kier molecular flexibility index (Phi) is 5.42. The smallest absolute Gasteiger partial charge is 0.203 e. The van der Waals surface area contributed by atoms with E-state index >= 15 is 0 Å². The van der Waals surface area contributed by atoms with Gasteiger partial charge in [-0.1, -0.05) is 24.3 Å². The van der Waals surface area contributed by atoms with Gasteiger partial charge in [-0.2, -0.15) is 0 Å². The fourth-order valence-electron chi connectivity index (χ4n) is 3.30. The van der Waals surface area contributed by atoms with Crippen LogP contribution in [0.4, 0.5) is 0 Å². The molecule has 0 spiro atoms. The first-order valence-electron chi connectivity index (χ1n) is 9.46. The van der Waals surface area contributed by atoms with Crippen molar-refractivity contribution < 1.29 is 9.47 Å². The molecule has 0 amide bonds. The average molecular weight is 392 g/mol. The number of rotatable bonds is 6. The Morgan fingerprint density at radius 1 is 0.786 bits per heavy atom. The zero-order valence-corrected chi connectivity index (χ0v) is 16.9. The van der Waals surface area contributed by atoms with Gasteiger partial charge < -0.3 is 9.47 Å². The van der Waals surface area contributed by atoms with Crippen LogP contribution in [-0.2, 0) is 4.74 Å². The topological polar surface area (TPSA) is 35.5 Å². The standard InChI is InChI=1S/C24H23O3S/c1-17(2)26-15-16-27-18-11-13-19(14-12-18)28-22-9-5-3-7-20(22)24(25)21-8-4-6-10-23(21)28/h3-14,17H,15-16H2,1-2H3/q+1. The van der Waals surface area contributed by atoms with E-state index in [1.165, 1.54) is 4.90 Å². The van der Waals surface area contributed by atoms with E-state index in [1.54, 1.807) is 0 Å². The third-order valence-electron chi connectivity index (χ3n) is 4.57. The van der Waals surface area contributed by atoms with Gasteiger partial charge in [-0.3, -0.25) is 4.79 Å². The summed E-state index contributed by atoms with van der Waals surface area (Å²) in [7, 11) is -0.301. The van der Waals surface area contributed by atoms with Crippen LogP contribution in [0, 0.1) is 0 Å². The lowest BCUT2D eigenvalue weighted by Crippen LogP contribution is -2.11. The van der Waals surface area contributed by atoms with Gasteiger partial charge in [0, 0.05) is 22.6 Å². The molecule has 0 saturated heterocycles. The van der Waals surface area contributed by atoms with Gasteiger partial charge in [0.1, 0.15) is 12.4 Å². The van der Waals surface area contributed by atoms with Gasteiger partial charge in [0.15, 0.2) is 14.3 Å². The van der Waals surface area contributed by atoms with Crippen molar-refractivity contribution in [1.82, 2.24) is 0 Å². The van der Waals surface area contributed by atoms with E-state index in [-0.39, 0.29) is 22.0 Å². The quantitative estimate of drug-likeness (QED) is 0.233. The molecule has 0 aliphatic carbocycles. The van der Waals surface area contributed by atoms with Crippen molar-refractivity contribution in [3.05, 3.63) is 83.0 Å². The zero-order chi connectivity index (χ0) is 19.5. The molecular weight excluding hydrogens is 368 g/mol.